The fraction of sp³-hybridized carbons (Fsp3) is 0.462. The smallest absolute Gasteiger partial charge is 0.239 e. The summed E-state index contributed by atoms with van der Waals surface area (Å²) in [5.74, 6) is 0.375. The molecule has 1 aromatic rings. The molecule has 1 saturated heterocycles. The van der Waals surface area contributed by atoms with Crippen LogP contribution in [0.5, 0.6) is 0 Å². The number of carbonyl (C=O) groups excluding carboxylic acids is 1. The molecule has 0 aromatic heterocycles. The summed E-state index contributed by atoms with van der Waals surface area (Å²) < 4.78 is 11.5. The van der Waals surface area contributed by atoms with E-state index in [1.54, 1.807) is 6.26 Å². The summed E-state index contributed by atoms with van der Waals surface area (Å²) in [7, 11) is -0.965. The molecular formula is C13H19N3O2S. The third-order valence-corrected chi connectivity index (χ3v) is 3.87. The fourth-order valence-corrected chi connectivity index (χ4v) is 2.84. The second-order valence-corrected chi connectivity index (χ2v) is 6.10. The van der Waals surface area contributed by atoms with Gasteiger partial charge in [-0.1, -0.05) is 30.3 Å². The van der Waals surface area contributed by atoms with E-state index in [4.69, 9.17) is 0 Å². The molecule has 3 atom stereocenters. The molecule has 1 aromatic carbocycles. The Morgan fingerprint density at radius 2 is 2.21 bits per heavy atom. The quantitative estimate of drug-likeness (QED) is 0.715. The third-order valence-electron chi connectivity index (χ3n) is 3.07. The monoisotopic (exact) mass is 281 g/mol. The Balaban J connectivity index is 2.05. The zero-order valence-electron chi connectivity index (χ0n) is 10.9. The van der Waals surface area contributed by atoms with Gasteiger partial charge in [0.1, 0.15) is 6.04 Å². The van der Waals surface area contributed by atoms with E-state index in [-0.39, 0.29) is 18.0 Å². The second kappa shape index (κ2) is 6.79. The molecule has 1 amide bonds. The van der Waals surface area contributed by atoms with Crippen molar-refractivity contribution in [2.75, 3.05) is 18.6 Å². The lowest BCUT2D eigenvalue weighted by Gasteiger charge is -2.20. The third kappa shape index (κ3) is 4.12. The highest BCUT2D eigenvalue weighted by atomic mass is 32.2. The van der Waals surface area contributed by atoms with E-state index in [0.717, 1.165) is 18.5 Å². The number of hydrogen-bond donors (Lipinski definition) is 3. The summed E-state index contributed by atoms with van der Waals surface area (Å²) in [5, 5.41) is 2.97. The molecule has 0 saturated carbocycles. The van der Waals surface area contributed by atoms with Gasteiger partial charge in [0.2, 0.25) is 5.91 Å². The molecule has 104 valence electrons. The van der Waals surface area contributed by atoms with Crippen molar-refractivity contribution >= 4 is 16.7 Å². The van der Waals surface area contributed by atoms with Gasteiger partial charge >= 0.3 is 0 Å². The predicted molar refractivity (Wildman–Crippen MR) is 75.8 cm³/mol. The minimum absolute atomic E-state index is 0.0516. The largest absolute Gasteiger partial charge is 0.347 e. The van der Waals surface area contributed by atoms with Crippen LogP contribution in [0.1, 0.15) is 18.0 Å². The van der Waals surface area contributed by atoms with Gasteiger partial charge in [-0.3, -0.25) is 14.4 Å². The first-order valence-electron chi connectivity index (χ1n) is 6.30. The maximum atomic E-state index is 12.1. The molecule has 0 bridgehead atoms. The van der Waals surface area contributed by atoms with Gasteiger partial charge < -0.3 is 5.32 Å². The first kappa shape index (κ1) is 14.2. The zero-order valence-corrected chi connectivity index (χ0v) is 11.7. The SMILES string of the molecule is CS(=O)CC(NC(=O)C1CCNN1)c1ccccc1. The topological polar surface area (TPSA) is 70.2 Å². The van der Waals surface area contributed by atoms with Gasteiger partial charge in [-0.25, -0.2) is 5.43 Å². The molecule has 3 unspecified atom stereocenters. The lowest BCUT2D eigenvalue weighted by Crippen LogP contribution is -2.45. The van der Waals surface area contributed by atoms with Gasteiger partial charge in [0.25, 0.3) is 0 Å². The van der Waals surface area contributed by atoms with Gasteiger partial charge in [-0.05, 0) is 12.0 Å². The van der Waals surface area contributed by atoms with Crippen LogP contribution in [-0.2, 0) is 15.6 Å². The summed E-state index contributed by atoms with van der Waals surface area (Å²) >= 11 is 0. The molecule has 1 heterocycles. The van der Waals surface area contributed by atoms with E-state index >= 15 is 0 Å². The molecule has 0 radical (unpaired) electrons. The molecule has 19 heavy (non-hydrogen) atoms. The van der Waals surface area contributed by atoms with Crippen molar-refractivity contribution in [1.82, 2.24) is 16.2 Å². The number of hydrazine groups is 1. The van der Waals surface area contributed by atoms with E-state index < -0.39 is 10.8 Å². The molecule has 5 nitrogen and oxygen atoms in total. The average molecular weight is 281 g/mol. The number of benzene rings is 1. The van der Waals surface area contributed by atoms with Crippen LogP contribution < -0.4 is 16.2 Å². The highest BCUT2D eigenvalue weighted by Crippen LogP contribution is 2.14. The van der Waals surface area contributed by atoms with Gasteiger partial charge in [-0.15, -0.1) is 0 Å². The highest BCUT2D eigenvalue weighted by Gasteiger charge is 2.25. The summed E-state index contributed by atoms with van der Waals surface area (Å²) in [6.07, 6.45) is 2.42. The molecule has 1 aliphatic rings. The second-order valence-electron chi connectivity index (χ2n) is 4.62. The number of rotatable bonds is 5. The van der Waals surface area contributed by atoms with E-state index in [1.807, 2.05) is 30.3 Å². The molecule has 0 spiro atoms. The lowest BCUT2D eigenvalue weighted by molar-refractivity contribution is -0.123. The minimum Gasteiger partial charge on any atom is -0.347 e. The van der Waals surface area contributed by atoms with Crippen LogP contribution in [0, 0.1) is 0 Å². The van der Waals surface area contributed by atoms with Crippen molar-refractivity contribution in [2.45, 2.75) is 18.5 Å². The first-order chi connectivity index (χ1) is 9.16. The summed E-state index contributed by atoms with van der Waals surface area (Å²) in [6.45, 7) is 0.786. The molecule has 2 rings (SSSR count). The fourth-order valence-electron chi connectivity index (χ4n) is 2.09. The van der Waals surface area contributed by atoms with Crippen LogP contribution >= 0.6 is 0 Å². The van der Waals surface area contributed by atoms with Crippen molar-refractivity contribution in [3.63, 3.8) is 0 Å². The van der Waals surface area contributed by atoms with Crippen LogP contribution in [0.15, 0.2) is 30.3 Å². The van der Waals surface area contributed by atoms with Gasteiger partial charge in [0.05, 0.1) is 6.04 Å². The van der Waals surface area contributed by atoms with E-state index in [0.29, 0.717) is 5.75 Å². The first-order valence-corrected chi connectivity index (χ1v) is 8.03. The molecule has 3 N–H and O–H groups in total. The van der Waals surface area contributed by atoms with Gasteiger partial charge in [-0.2, -0.15) is 0 Å². The van der Waals surface area contributed by atoms with E-state index in [1.165, 1.54) is 0 Å². The number of nitrogens with one attached hydrogen (secondary N) is 3. The van der Waals surface area contributed by atoms with Crippen molar-refractivity contribution in [2.24, 2.45) is 0 Å². The molecular weight excluding hydrogens is 262 g/mol. The highest BCUT2D eigenvalue weighted by molar-refractivity contribution is 7.84. The predicted octanol–water partition coefficient (Wildman–Crippen LogP) is 0.0889. The minimum atomic E-state index is -0.965. The van der Waals surface area contributed by atoms with Gasteiger partial charge in [0, 0.05) is 29.4 Å². The zero-order chi connectivity index (χ0) is 13.7. The van der Waals surface area contributed by atoms with Crippen molar-refractivity contribution in [1.29, 1.82) is 0 Å². The average Bonchev–Trinajstić information content (AvgIpc) is 2.92. The summed E-state index contributed by atoms with van der Waals surface area (Å²) in [4.78, 5) is 12.1. The Morgan fingerprint density at radius 1 is 1.47 bits per heavy atom. The number of carbonyl (C=O) groups is 1. The normalized spacial score (nSPS) is 21.8. The van der Waals surface area contributed by atoms with Crippen molar-refractivity contribution in [3.8, 4) is 0 Å². The van der Waals surface area contributed by atoms with Crippen LogP contribution in [0.25, 0.3) is 0 Å². The van der Waals surface area contributed by atoms with Crippen molar-refractivity contribution in [3.05, 3.63) is 35.9 Å². The Kier molecular flexibility index (Phi) is 5.07. The molecule has 1 fully saturated rings. The molecule has 6 heteroatoms. The summed E-state index contributed by atoms with van der Waals surface area (Å²) in [5.41, 5.74) is 6.85. The maximum absolute atomic E-state index is 12.1. The summed E-state index contributed by atoms with van der Waals surface area (Å²) in [6, 6.07) is 9.23. The van der Waals surface area contributed by atoms with Gasteiger partial charge in [0.15, 0.2) is 0 Å². The number of hydrogen-bond acceptors (Lipinski definition) is 4. The standard InChI is InChI=1S/C13H19N3O2S/c1-19(18)9-12(10-5-3-2-4-6-10)15-13(17)11-7-8-14-16-11/h2-6,11-12,14,16H,7-9H2,1H3,(H,15,17). The van der Waals surface area contributed by atoms with Crippen LogP contribution in [0.4, 0.5) is 0 Å². The Morgan fingerprint density at radius 3 is 2.79 bits per heavy atom. The Bertz CT molecular complexity index is 446. The molecule has 1 aliphatic heterocycles. The van der Waals surface area contributed by atoms with E-state index in [2.05, 4.69) is 16.2 Å². The maximum Gasteiger partial charge on any atom is 0.239 e. The lowest BCUT2D eigenvalue weighted by atomic mass is 10.1. The number of amides is 1. The Hall–Kier alpha value is -1.24. The van der Waals surface area contributed by atoms with Crippen molar-refractivity contribution < 1.29 is 9.00 Å². The Labute approximate surface area is 115 Å². The van der Waals surface area contributed by atoms with Crippen LogP contribution in [-0.4, -0.2) is 34.7 Å². The van der Waals surface area contributed by atoms with Crippen LogP contribution in [0.2, 0.25) is 0 Å². The van der Waals surface area contributed by atoms with Crippen LogP contribution in [0.3, 0.4) is 0 Å². The molecule has 0 aliphatic carbocycles. The van der Waals surface area contributed by atoms with E-state index in [9.17, 15) is 9.00 Å².